The largest absolute Gasteiger partial charge is 0.370 e. The van der Waals surface area contributed by atoms with Crippen LogP contribution < -0.4 is 16.0 Å². The number of benzene rings is 1. The number of piperidine rings is 1. The van der Waals surface area contributed by atoms with E-state index in [2.05, 4.69) is 52.2 Å². The van der Waals surface area contributed by atoms with E-state index in [1.54, 1.807) is 6.20 Å². The Morgan fingerprint density at radius 1 is 0.969 bits per heavy atom. The number of nitrogens with two attached hydrogens (primary N) is 1. The quantitative estimate of drug-likeness (QED) is 0.635. The minimum atomic E-state index is -0.203. The number of aryl methyl sites for hydroxylation is 4. The van der Waals surface area contributed by atoms with Crippen LogP contribution in [0.1, 0.15) is 45.6 Å². The van der Waals surface area contributed by atoms with Crippen molar-refractivity contribution in [1.82, 2.24) is 9.97 Å². The van der Waals surface area contributed by atoms with Gasteiger partial charge in [-0.25, -0.2) is 4.98 Å². The summed E-state index contributed by atoms with van der Waals surface area (Å²) in [7, 11) is 0. The predicted octanol–water partition coefficient (Wildman–Crippen LogP) is 4.56. The van der Waals surface area contributed by atoms with Crippen molar-refractivity contribution in [2.75, 3.05) is 23.3 Å². The maximum absolute atomic E-state index is 13.4. The lowest BCUT2D eigenvalue weighted by Gasteiger charge is -2.34. The zero-order valence-electron chi connectivity index (χ0n) is 19.3. The van der Waals surface area contributed by atoms with Crippen LogP contribution in [0.2, 0.25) is 0 Å². The summed E-state index contributed by atoms with van der Waals surface area (Å²) in [5.41, 5.74) is 14.0. The van der Waals surface area contributed by atoms with E-state index in [4.69, 9.17) is 5.73 Å². The number of rotatable bonds is 4. The molecule has 6 heteroatoms. The van der Waals surface area contributed by atoms with Crippen molar-refractivity contribution in [2.24, 2.45) is 5.73 Å². The van der Waals surface area contributed by atoms with Crippen molar-refractivity contribution < 1.29 is 4.79 Å². The molecule has 4 rings (SSSR count). The number of carbonyl (C=O) groups is 1. The first-order chi connectivity index (χ1) is 15.3. The van der Waals surface area contributed by atoms with Crippen molar-refractivity contribution in [3.05, 3.63) is 70.7 Å². The van der Waals surface area contributed by atoms with Crippen LogP contribution in [0.5, 0.6) is 0 Å². The molecular weight excluding hydrogens is 398 g/mol. The molecule has 0 unspecified atom stereocenters. The Hall–Kier alpha value is -3.25. The number of hydrogen-bond acceptors (Lipinski definition) is 5. The van der Waals surface area contributed by atoms with Crippen LogP contribution in [0.4, 0.5) is 11.5 Å². The first-order valence-corrected chi connectivity index (χ1v) is 11.1. The fourth-order valence-electron chi connectivity index (χ4n) is 4.51. The number of anilines is 2. The van der Waals surface area contributed by atoms with Gasteiger partial charge in [-0.1, -0.05) is 29.3 Å². The number of aromatic nitrogens is 2. The van der Waals surface area contributed by atoms with Crippen LogP contribution >= 0.6 is 0 Å². The lowest BCUT2D eigenvalue weighted by atomic mass is 9.96. The molecule has 1 saturated heterocycles. The first-order valence-electron chi connectivity index (χ1n) is 11.1. The van der Waals surface area contributed by atoms with Gasteiger partial charge in [0.1, 0.15) is 5.82 Å². The van der Waals surface area contributed by atoms with Crippen molar-refractivity contribution in [1.29, 1.82) is 0 Å². The van der Waals surface area contributed by atoms with Crippen LogP contribution in [-0.4, -0.2) is 35.0 Å². The molecule has 0 atom stereocenters. The zero-order chi connectivity index (χ0) is 22.8. The Bertz CT molecular complexity index is 1110. The highest BCUT2D eigenvalue weighted by atomic mass is 16.1. The molecule has 166 valence electrons. The average Bonchev–Trinajstić information content (AvgIpc) is 2.72. The third-order valence-corrected chi connectivity index (χ3v) is 5.89. The molecular formula is C26H31N5O. The molecule has 1 aliphatic heterocycles. The van der Waals surface area contributed by atoms with E-state index in [1.165, 1.54) is 11.1 Å². The molecule has 32 heavy (non-hydrogen) atoms. The summed E-state index contributed by atoms with van der Waals surface area (Å²) >= 11 is 0. The molecule has 1 aromatic carbocycles. The minimum Gasteiger partial charge on any atom is -0.370 e. The predicted molar refractivity (Wildman–Crippen MR) is 130 cm³/mol. The molecule has 1 amide bonds. The number of hydrogen-bond donors (Lipinski definition) is 2. The molecule has 0 bridgehead atoms. The molecule has 0 radical (unpaired) electrons. The molecule has 0 spiro atoms. The van der Waals surface area contributed by atoms with Gasteiger partial charge in [-0.2, -0.15) is 0 Å². The number of nitrogens with one attached hydrogen (secondary N) is 1. The number of carbonyl (C=O) groups excluding carboxylic acids is 1. The highest BCUT2D eigenvalue weighted by molar-refractivity contribution is 6.09. The zero-order valence-corrected chi connectivity index (χ0v) is 19.3. The van der Waals surface area contributed by atoms with Gasteiger partial charge in [-0.15, -0.1) is 0 Å². The summed E-state index contributed by atoms with van der Waals surface area (Å²) in [5, 5.41) is 2.99. The molecule has 3 aromatic rings. The van der Waals surface area contributed by atoms with E-state index in [1.807, 2.05) is 32.2 Å². The molecule has 3 N–H and O–H groups in total. The third-order valence-electron chi connectivity index (χ3n) is 5.89. The van der Waals surface area contributed by atoms with Gasteiger partial charge in [0.25, 0.3) is 5.91 Å². The molecule has 0 aliphatic carbocycles. The summed E-state index contributed by atoms with van der Waals surface area (Å²) in [4.78, 5) is 24.6. The summed E-state index contributed by atoms with van der Waals surface area (Å²) < 4.78 is 0. The minimum absolute atomic E-state index is 0.203. The normalized spacial score (nSPS) is 14.5. The van der Waals surface area contributed by atoms with Crippen LogP contribution in [0.25, 0.3) is 11.1 Å². The maximum atomic E-state index is 13.4. The fourth-order valence-corrected chi connectivity index (χ4v) is 4.51. The Morgan fingerprint density at radius 2 is 1.62 bits per heavy atom. The molecule has 0 saturated carbocycles. The summed E-state index contributed by atoms with van der Waals surface area (Å²) in [5.74, 6) is 0.349. The summed E-state index contributed by atoms with van der Waals surface area (Å²) in [6, 6.07) is 10.5. The highest BCUT2D eigenvalue weighted by Gasteiger charge is 2.25. The number of nitrogens with zero attached hydrogens (tertiary/aromatic N) is 3. The first kappa shape index (κ1) is 22.0. The van der Waals surface area contributed by atoms with Crippen molar-refractivity contribution in [2.45, 2.75) is 46.6 Å². The van der Waals surface area contributed by atoms with E-state index in [-0.39, 0.29) is 11.9 Å². The maximum Gasteiger partial charge on any atom is 0.260 e. The van der Waals surface area contributed by atoms with Gasteiger partial charge in [-0.05, 0) is 63.8 Å². The van der Waals surface area contributed by atoms with E-state index in [9.17, 15) is 4.79 Å². The van der Waals surface area contributed by atoms with Gasteiger partial charge in [0, 0.05) is 42.8 Å². The van der Waals surface area contributed by atoms with Crippen LogP contribution in [-0.2, 0) is 0 Å². The molecule has 6 nitrogen and oxygen atoms in total. The van der Waals surface area contributed by atoms with Crippen LogP contribution in [0.3, 0.4) is 0 Å². The topological polar surface area (TPSA) is 84.1 Å². The second-order valence-corrected chi connectivity index (χ2v) is 8.91. The Balaban J connectivity index is 1.80. The van der Waals surface area contributed by atoms with Crippen molar-refractivity contribution in [3.8, 4) is 11.1 Å². The van der Waals surface area contributed by atoms with Gasteiger partial charge in [0.2, 0.25) is 0 Å². The number of amides is 1. The van der Waals surface area contributed by atoms with E-state index < -0.39 is 0 Å². The Labute approximate surface area is 189 Å². The van der Waals surface area contributed by atoms with E-state index >= 15 is 0 Å². The van der Waals surface area contributed by atoms with Gasteiger partial charge in [0.05, 0.1) is 11.3 Å². The monoisotopic (exact) mass is 429 g/mol. The van der Waals surface area contributed by atoms with Crippen molar-refractivity contribution in [3.63, 3.8) is 0 Å². The summed E-state index contributed by atoms with van der Waals surface area (Å²) in [6.45, 7) is 9.72. The van der Waals surface area contributed by atoms with Gasteiger partial charge >= 0.3 is 0 Å². The molecule has 3 heterocycles. The molecule has 1 fully saturated rings. The summed E-state index contributed by atoms with van der Waals surface area (Å²) in [6.07, 6.45) is 5.32. The Kier molecular flexibility index (Phi) is 6.24. The van der Waals surface area contributed by atoms with Crippen LogP contribution in [0, 0.1) is 27.7 Å². The van der Waals surface area contributed by atoms with Gasteiger partial charge < -0.3 is 16.0 Å². The standard InChI is InChI=1S/C26H31N5O/c1-16-9-17(2)12-20(11-16)22-14-28-15-23(25(22)31-7-5-21(27)6-8-31)26(32)30-24-13-18(3)10-19(4)29-24/h9-15,21H,5-8,27H2,1-4H3,(H,29,30,32). The van der Waals surface area contributed by atoms with E-state index in [0.29, 0.717) is 11.4 Å². The SMILES string of the molecule is Cc1cc(C)cc(-c2cncc(C(=O)Nc3cc(C)cc(C)n3)c2N2CCC(N)CC2)c1. The molecule has 1 aliphatic rings. The average molecular weight is 430 g/mol. The Morgan fingerprint density at radius 3 is 2.28 bits per heavy atom. The van der Waals surface area contributed by atoms with E-state index in [0.717, 1.165) is 54.0 Å². The second kappa shape index (κ2) is 9.09. The fraction of sp³-hybridized carbons (Fsp3) is 0.346. The smallest absolute Gasteiger partial charge is 0.260 e. The van der Waals surface area contributed by atoms with Crippen molar-refractivity contribution >= 4 is 17.4 Å². The second-order valence-electron chi connectivity index (χ2n) is 8.91. The lowest BCUT2D eigenvalue weighted by molar-refractivity contribution is 0.102. The van der Waals surface area contributed by atoms with Gasteiger partial charge in [0.15, 0.2) is 0 Å². The van der Waals surface area contributed by atoms with Gasteiger partial charge in [-0.3, -0.25) is 9.78 Å². The molecule has 2 aromatic heterocycles. The lowest BCUT2D eigenvalue weighted by Crippen LogP contribution is -2.40. The number of pyridine rings is 2. The van der Waals surface area contributed by atoms with Crippen LogP contribution in [0.15, 0.2) is 42.7 Å². The third kappa shape index (κ3) is 4.81. The highest BCUT2D eigenvalue weighted by Crippen LogP contribution is 2.36.